The number of hydrogen-bond acceptors (Lipinski definition) is 4. The molecule has 1 heterocycles. The zero-order valence-electron chi connectivity index (χ0n) is 10.2. The van der Waals surface area contributed by atoms with Gasteiger partial charge in [-0.2, -0.15) is 0 Å². The van der Waals surface area contributed by atoms with E-state index < -0.39 is 5.97 Å². The molecule has 0 saturated heterocycles. The second-order valence-corrected chi connectivity index (χ2v) is 4.72. The molecule has 0 aromatic carbocycles. The Labute approximate surface area is 104 Å². The average Bonchev–Trinajstić information content (AvgIpc) is 2.88. The maximum atomic E-state index is 11.7. The summed E-state index contributed by atoms with van der Waals surface area (Å²) in [4.78, 5) is 22.5. The highest BCUT2D eigenvalue weighted by Gasteiger charge is 2.30. The summed E-state index contributed by atoms with van der Waals surface area (Å²) in [5, 5.41) is 15.4. The van der Waals surface area contributed by atoms with Crippen LogP contribution in [0.15, 0.2) is 10.6 Å². The first-order valence-electron chi connectivity index (χ1n) is 5.99. The SMILES string of the molecule is Cc1cc(CC(=O)N[C@H]2CC[C@@H](C(=O)O)C2)no1. The van der Waals surface area contributed by atoms with Gasteiger partial charge in [0.25, 0.3) is 0 Å². The van der Waals surface area contributed by atoms with E-state index in [-0.39, 0.29) is 24.3 Å². The number of aryl methyl sites for hydroxylation is 1. The third-order valence-corrected chi connectivity index (χ3v) is 3.17. The number of carboxylic acids is 1. The molecule has 1 aromatic rings. The lowest BCUT2D eigenvalue weighted by Gasteiger charge is -2.11. The number of aliphatic carboxylic acids is 1. The van der Waals surface area contributed by atoms with E-state index in [0.29, 0.717) is 24.3 Å². The molecule has 0 radical (unpaired) electrons. The van der Waals surface area contributed by atoms with Gasteiger partial charge in [-0.05, 0) is 26.2 Å². The first-order valence-corrected chi connectivity index (χ1v) is 5.99. The molecule has 2 N–H and O–H groups in total. The number of nitrogens with one attached hydrogen (secondary N) is 1. The number of hydrogen-bond donors (Lipinski definition) is 2. The van der Waals surface area contributed by atoms with E-state index in [1.54, 1.807) is 13.0 Å². The molecule has 18 heavy (non-hydrogen) atoms. The molecule has 2 atom stereocenters. The van der Waals surface area contributed by atoms with Crippen molar-refractivity contribution in [3.8, 4) is 0 Å². The summed E-state index contributed by atoms with van der Waals surface area (Å²) in [6, 6.07) is 1.68. The number of nitrogens with zero attached hydrogens (tertiary/aromatic N) is 1. The fraction of sp³-hybridized carbons (Fsp3) is 0.583. The Balaban J connectivity index is 1.80. The summed E-state index contributed by atoms with van der Waals surface area (Å²) in [5.41, 5.74) is 0.595. The largest absolute Gasteiger partial charge is 0.481 e. The predicted molar refractivity (Wildman–Crippen MR) is 61.9 cm³/mol. The molecule has 1 fully saturated rings. The topological polar surface area (TPSA) is 92.4 Å². The Morgan fingerprint density at radius 1 is 1.56 bits per heavy atom. The van der Waals surface area contributed by atoms with E-state index >= 15 is 0 Å². The lowest BCUT2D eigenvalue weighted by atomic mass is 10.1. The molecule has 1 amide bonds. The Kier molecular flexibility index (Phi) is 3.64. The normalized spacial score (nSPS) is 22.9. The van der Waals surface area contributed by atoms with Crippen LogP contribution >= 0.6 is 0 Å². The van der Waals surface area contributed by atoms with Crippen LogP contribution in [0.5, 0.6) is 0 Å². The lowest BCUT2D eigenvalue weighted by Crippen LogP contribution is -2.34. The van der Waals surface area contributed by atoms with E-state index in [4.69, 9.17) is 9.63 Å². The lowest BCUT2D eigenvalue weighted by molar-refractivity contribution is -0.141. The molecule has 1 aliphatic rings. The summed E-state index contributed by atoms with van der Waals surface area (Å²) in [6.45, 7) is 1.77. The molecule has 98 valence electrons. The van der Waals surface area contributed by atoms with Crippen molar-refractivity contribution in [3.63, 3.8) is 0 Å². The van der Waals surface area contributed by atoms with Crippen LogP contribution < -0.4 is 5.32 Å². The van der Waals surface area contributed by atoms with Gasteiger partial charge in [0.1, 0.15) is 5.76 Å². The van der Waals surface area contributed by atoms with Crippen molar-refractivity contribution in [2.75, 3.05) is 0 Å². The molecule has 1 aromatic heterocycles. The van der Waals surface area contributed by atoms with Crippen molar-refractivity contribution in [2.45, 2.75) is 38.6 Å². The third kappa shape index (κ3) is 3.09. The molecule has 0 aliphatic heterocycles. The molecule has 0 unspecified atom stereocenters. The van der Waals surface area contributed by atoms with Crippen LogP contribution in [0, 0.1) is 12.8 Å². The minimum absolute atomic E-state index is 0.0356. The van der Waals surface area contributed by atoms with E-state index in [0.717, 1.165) is 6.42 Å². The molecular formula is C12H16N2O4. The first kappa shape index (κ1) is 12.6. The van der Waals surface area contributed by atoms with E-state index in [1.807, 2.05) is 0 Å². The van der Waals surface area contributed by atoms with Gasteiger partial charge in [0.05, 0.1) is 18.0 Å². The zero-order chi connectivity index (χ0) is 13.1. The first-order chi connectivity index (χ1) is 8.54. The van der Waals surface area contributed by atoms with Crippen molar-refractivity contribution < 1.29 is 19.2 Å². The zero-order valence-corrected chi connectivity index (χ0v) is 10.2. The highest BCUT2D eigenvalue weighted by Crippen LogP contribution is 2.25. The van der Waals surface area contributed by atoms with Crippen molar-refractivity contribution in [1.29, 1.82) is 0 Å². The molecule has 2 rings (SSSR count). The van der Waals surface area contributed by atoms with Crippen molar-refractivity contribution in [1.82, 2.24) is 10.5 Å². The summed E-state index contributed by atoms with van der Waals surface area (Å²) in [7, 11) is 0. The Hall–Kier alpha value is -1.85. The molecule has 6 heteroatoms. The standard InChI is InChI=1S/C12H16N2O4/c1-7-4-10(14-18-7)6-11(15)13-9-3-2-8(5-9)12(16)17/h4,8-9H,2-3,5-6H2,1H3,(H,13,15)(H,16,17)/t8-,9+/m1/s1. The molecule has 0 spiro atoms. The third-order valence-electron chi connectivity index (χ3n) is 3.17. The van der Waals surface area contributed by atoms with Crippen LogP contribution in [0.1, 0.15) is 30.7 Å². The van der Waals surface area contributed by atoms with E-state index in [2.05, 4.69) is 10.5 Å². The Morgan fingerprint density at radius 2 is 2.33 bits per heavy atom. The molecule has 1 saturated carbocycles. The number of carbonyl (C=O) groups is 2. The van der Waals surface area contributed by atoms with Crippen LogP contribution in [-0.4, -0.2) is 28.2 Å². The highest BCUT2D eigenvalue weighted by atomic mass is 16.5. The highest BCUT2D eigenvalue weighted by molar-refractivity contribution is 5.78. The van der Waals surface area contributed by atoms with Crippen molar-refractivity contribution >= 4 is 11.9 Å². The smallest absolute Gasteiger partial charge is 0.306 e. The number of carbonyl (C=O) groups excluding carboxylic acids is 1. The second-order valence-electron chi connectivity index (χ2n) is 4.72. The quantitative estimate of drug-likeness (QED) is 0.830. The molecule has 0 bridgehead atoms. The van der Waals surface area contributed by atoms with Gasteiger partial charge in [0, 0.05) is 12.1 Å². The minimum atomic E-state index is -0.779. The van der Waals surface area contributed by atoms with Gasteiger partial charge in [-0.15, -0.1) is 0 Å². The fourth-order valence-corrected chi connectivity index (χ4v) is 2.28. The predicted octanol–water partition coefficient (Wildman–Crippen LogP) is 0.895. The van der Waals surface area contributed by atoms with Crippen LogP contribution in [0.4, 0.5) is 0 Å². The summed E-state index contributed by atoms with van der Waals surface area (Å²) >= 11 is 0. The van der Waals surface area contributed by atoms with E-state index in [1.165, 1.54) is 0 Å². The van der Waals surface area contributed by atoms with Gasteiger partial charge in [-0.1, -0.05) is 5.16 Å². The fourth-order valence-electron chi connectivity index (χ4n) is 2.28. The van der Waals surface area contributed by atoms with Gasteiger partial charge in [-0.25, -0.2) is 0 Å². The van der Waals surface area contributed by atoms with Gasteiger partial charge in [-0.3, -0.25) is 9.59 Å². The summed E-state index contributed by atoms with van der Waals surface area (Å²) in [5.74, 6) is -0.576. The maximum absolute atomic E-state index is 11.7. The van der Waals surface area contributed by atoms with Crippen LogP contribution in [0.2, 0.25) is 0 Å². The Morgan fingerprint density at radius 3 is 2.89 bits per heavy atom. The van der Waals surface area contributed by atoms with Crippen LogP contribution in [0.25, 0.3) is 0 Å². The summed E-state index contributed by atoms with van der Waals surface area (Å²) in [6.07, 6.45) is 2.04. The number of rotatable bonds is 4. The van der Waals surface area contributed by atoms with Gasteiger partial charge in [0.15, 0.2) is 0 Å². The van der Waals surface area contributed by atoms with Crippen LogP contribution in [0.3, 0.4) is 0 Å². The average molecular weight is 252 g/mol. The van der Waals surface area contributed by atoms with Gasteiger partial charge in [0.2, 0.25) is 5.91 Å². The monoisotopic (exact) mass is 252 g/mol. The maximum Gasteiger partial charge on any atom is 0.306 e. The Bertz CT molecular complexity index is 455. The minimum Gasteiger partial charge on any atom is -0.481 e. The van der Waals surface area contributed by atoms with E-state index in [9.17, 15) is 9.59 Å². The second kappa shape index (κ2) is 5.20. The number of carboxylic acid groups (broad SMARTS) is 1. The van der Waals surface area contributed by atoms with Gasteiger partial charge >= 0.3 is 5.97 Å². The molecule has 6 nitrogen and oxygen atoms in total. The molecular weight excluding hydrogens is 236 g/mol. The van der Waals surface area contributed by atoms with Crippen molar-refractivity contribution in [3.05, 3.63) is 17.5 Å². The number of amides is 1. The molecule has 1 aliphatic carbocycles. The number of aromatic nitrogens is 1. The van der Waals surface area contributed by atoms with Gasteiger partial charge < -0.3 is 14.9 Å². The summed E-state index contributed by atoms with van der Waals surface area (Å²) < 4.78 is 4.88. The van der Waals surface area contributed by atoms with Crippen LogP contribution in [-0.2, 0) is 16.0 Å². The van der Waals surface area contributed by atoms with Crippen molar-refractivity contribution in [2.24, 2.45) is 5.92 Å².